The molecule has 1 amide bonds. The van der Waals surface area contributed by atoms with Crippen molar-refractivity contribution in [3.8, 4) is 11.5 Å². The van der Waals surface area contributed by atoms with Crippen molar-refractivity contribution in [1.82, 2.24) is 10.2 Å². The van der Waals surface area contributed by atoms with Crippen LogP contribution >= 0.6 is 0 Å². The molecule has 0 spiro atoms. The van der Waals surface area contributed by atoms with E-state index in [0.29, 0.717) is 28.7 Å². The lowest BCUT2D eigenvalue weighted by molar-refractivity contribution is 0.102. The molecule has 0 radical (unpaired) electrons. The summed E-state index contributed by atoms with van der Waals surface area (Å²) < 4.78 is 23.6. The molecule has 27 heavy (non-hydrogen) atoms. The summed E-state index contributed by atoms with van der Waals surface area (Å²) >= 11 is 0. The van der Waals surface area contributed by atoms with E-state index in [-0.39, 0.29) is 11.5 Å². The lowest BCUT2D eigenvalue weighted by atomic mass is 10.2. The second-order valence-electron chi connectivity index (χ2n) is 5.46. The van der Waals surface area contributed by atoms with Gasteiger partial charge >= 0.3 is 0 Å². The highest BCUT2D eigenvalue weighted by Crippen LogP contribution is 2.29. The van der Waals surface area contributed by atoms with Gasteiger partial charge in [-0.05, 0) is 42.5 Å². The number of carbonyl (C=O) groups excluding carboxylic acids is 1. The number of benzene rings is 2. The van der Waals surface area contributed by atoms with Crippen LogP contribution in [-0.2, 0) is 0 Å². The number of methoxy groups -OCH3 is 2. The van der Waals surface area contributed by atoms with Crippen molar-refractivity contribution in [3.63, 3.8) is 0 Å². The fourth-order valence-corrected chi connectivity index (χ4v) is 2.34. The first-order chi connectivity index (χ1) is 13.1. The van der Waals surface area contributed by atoms with Crippen LogP contribution in [0, 0.1) is 5.82 Å². The van der Waals surface area contributed by atoms with Gasteiger partial charge in [-0.2, -0.15) is 0 Å². The predicted octanol–water partition coefficient (Wildman–Crippen LogP) is 3.63. The van der Waals surface area contributed by atoms with Gasteiger partial charge in [-0.1, -0.05) is 6.07 Å². The Morgan fingerprint density at radius 2 is 1.74 bits per heavy atom. The number of nitrogens with one attached hydrogen (secondary N) is 2. The van der Waals surface area contributed by atoms with Crippen LogP contribution < -0.4 is 20.1 Å². The van der Waals surface area contributed by atoms with Gasteiger partial charge in [0.1, 0.15) is 5.82 Å². The first kappa shape index (κ1) is 18.1. The minimum Gasteiger partial charge on any atom is -0.493 e. The van der Waals surface area contributed by atoms with E-state index in [4.69, 9.17) is 9.47 Å². The van der Waals surface area contributed by atoms with Gasteiger partial charge in [0.15, 0.2) is 23.0 Å². The molecule has 1 aromatic heterocycles. The molecule has 3 rings (SSSR count). The number of ether oxygens (including phenoxy) is 2. The number of carbonyl (C=O) groups is 1. The predicted molar refractivity (Wildman–Crippen MR) is 99.2 cm³/mol. The Morgan fingerprint density at radius 3 is 2.41 bits per heavy atom. The summed E-state index contributed by atoms with van der Waals surface area (Å²) in [4.78, 5) is 12.3. The van der Waals surface area contributed by atoms with Gasteiger partial charge in [-0.3, -0.25) is 4.79 Å². The third-order valence-electron chi connectivity index (χ3n) is 3.64. The van der Waals surface area contributed by atoms with Crippen LogP contribution in [0.2, 0.25) is 0 Å². The molecule has 3 aromatic rings. The minimum atomic E-state index is -0.424. The van der Waals surface area contributed by atoms with E-state index < -0.39 is 5.91 Å². The van der Waals surface area contributed by atoms with Crippen molar-refractivity contribution in [1.29, 1.82) is 0 Å². The quantitative estimate of drug-likeness (QED) is 0.691. The first-order valence-electron chi connectivity index (χ1n) is 7.99. The van der Waals surface area contributed by atoms with E-state index in [1.807, 2.05) is 0 Å². The van der Waals surface area contributed by atoms with Crippen LogP contribution in [0.15, 0.2) is 54.6 Å². The molecule has 0 bridgehead atoms. The van der Waals surface area contributed by atoms with Crippen molar-refractivity contribution in [2.24, 2.45) is 0 Å². The maximum Gasteiger partial charge on any atom is 0.276 e. The highest BCUT2D eigenvalue weighted by molar-refractivity contribution is 6.03. The van der Waals surface area contributed by atoms with Crippen LogP contribution in [0.1, 0.15) is 10.5 Å². The molecule has 1 heterocycles. The molecular weight excluding hydrogens is 351 g/mol. The van der Waals surface area contributed by atoms with Gasteiger partial charge in [-0.25, -0.2) is 4.39 Å². The summed E-state index contributed by atoms with van der Waals surface area (Å²) in [5.41, 5.74) is 1.20. The number of halogens is 1. The van der Waals surface area contributed by atoms with Crippen LogP contribution in [0.4, 0.5) is 21.6 Å². The Morgan fingerprint density at radius 1 is 0.926 bits per heavy atom. The number of nitrogens with zero attached hydrogens (tertiary/aromatic N) is 2. The van der Waals surface area contributed by atoms with Gasteiger partial charge in [-0.15, -0.1) is 10.2 Å². The number of hydrogen-bond acceptors (Lipinski definition) is 6. The van der Waals surface area contributed by atoms with Crippen LogP contribution in [-0.4, -0.2) is 30.3 Å². The zero-order chi connectivity index (χ0) is 19.2. The number of anilines is 3. The maximum atomic E-state index is 13.2. The molecule has 0 unspecified atom stereocenters. The third kappa shape index (κ3) is 4.49. The van der Waals surface area contributed by atoms with E-state index in [9.17, 15) is 9.18 Å². The van der Waals surface area contributed by atoms with Gasteiger partial charge in [0.25, 0.3) is 5.91 Å². The lowest BCUT2D eigenvalue weighted by Gasteiger charge is -2.10. The summed E-state index contributed by atoms with van der Waals surface area (Å²) in [7, 11) is 3.05. The molecule has 2 N–H and O–H groups in total. The zero-order valence-electron chi connectivity index (χ0n) is 14.7. The molecule has 8 heteroatoms. The molecule has 0 saturated carbocycles. The summed E-state index contributed by atoms with van der Waals surface area (Å²) in [5, 5.41) is 13.5. The van der Waals surface area contributed by atoms with Gasteiger partial charge < -0.3 is 20.1 Å². The van der Waals surface area contributed by atoms with Crippen molar-refractivity contribution < 1.29 is 18.7 Å². The summed E-state index contributed by atoms with van der Waals surface area (Å²) in [5.74, 6) is 0.660. The van der Waals surface area contributed by atoms with Crippen LogP contribution in [0.5, 0.6) is 11.5 Å². The summed E-state index contributed by atoms with van der Waals surface area (Å²) in [6, 6.07) is 14.1. The molecule has 0 saturated heterocycles. The van der Waals surface area contributed by atoms with E-state index in [1.165, 1.54) is 32.4 Å². The molecule has 0 fully saturated rings. The SMILES string of the molecule is COc1ccc(NC(=O)c2ccc(Nc3cccc(F)c3)nn2)cc1OC. The van der Waals surface area contributed by atoms with Crippen LogP contribution in [0.3, 0.4) is 0 Å². The highest BCUT2D eigenvalue weighted by atomic mass is 19.1. The van der Waals surface area contributed by atoms with E-state index in [2.05, 4.69) is 20.8 Å². The minimum absolute atomic E-state index is 0.134. The lowest BCUT2D eigenvalue weighted by Crippen LogP contribution is -2.14. The number of hydrogen-bond donors (Lipinski definition) is 2. The zero-order valence-corrected chi connectivity index (χ0v) is 14.7. The molecule has 138 valence electrons. The average molecular weight is 368 g/mol. The molecule has 0 aliphatic heterocycles. The molecule has 2 aromatic carbocycles. The van der Waals surface area contributed by atoms with Gasteiger partial charge in [0.2, 0.25) is 0 Å². The van der Waals surface area contributed by atoms with Gasteiger partial charge in [0.05, 0.1) is 14.2 Å². The standard InChI is InChI=1S/C19H17FN4O3/c1-26-16-8-6-14(11-17(16)27-2)22-19(25)15-7-9-18(24-23-15)21-13-5-3-4-12(20)10-13/h3-11H,1-2H3,(H,21,24)(H,22,25). The molecule has 7 nitrogen and oxygen atoms in total. The second-order valence-corrected chi connectivity index (χ2v) is 5.46. The van der Waals surface area contributed by atoms with E-state index in [0.717, 1.165) is 0 Å². The average Bonchev–Trinajstić information content (AvgIpc) is 2.68. The number of aromatic nitrogens is 2. The highest BCUT2D eigenvalue weighted by Gasteiger charge is 2.11. The second kappa shape index (κ2) is 8.13. The Kier molecular flexibility index (Phi) is 5.46. The Balaban J connectivity index is 1.68. The number of rotatable bonds is 6. The fraction of sp³-hybridized carbons (Fsp3) is 0.105. The third-order valence-corrected chi connectivity index (χ3v) is 3.64. The topological polar surface area (TPSA) is 85.4 Å². The molecule has 0 atom stereocenters. The van der Waals surface area contributed by atoms with Crippen molar-refractivity contribution in [2.45, 2.75) is 0 Å². The molecule has 0 aliphatic rings. The first-order valence-corrected chi connectivity index (χ1v) is 7.99. The molecular formula is C19H17FN4O3. The van der Waals surface area contributed by atoms with Crippen molar-refractivity contribution in [3.05, 3.63) is 66.1 Å². The van der Waals surface area contributed by atoms with Crippen LogP contribution in [0.25, 0.3) is 0 Å². The fourth-order valence-electron chi connectivity index (χ4n) is 2.34. The summed E-state index contributed by atoms with van der Waals surface area (Å²) in [6.07, 6.45) is 0. The molecule has 0 aliphatic carbocycles. The van der Waals surface area contributed by atoms with E-state index >= 15 is 0 Å². The maximum absolute atomic E-state index is 13.2. The Hall–Kier alpha value is -3.68. The van der Waals surface area contributed by atoms with Crippen molar-refractivity contribution >= 4 is 23.1 Å². The monoisotopic (exact) mass is 368 g/mol. The normalized spacial score (nSPS) is 10.2. The van der Waals surface area contributed by atoms with E-state index in [1.54, 1.807) is 36.4 Å². The Bertz CT molecular complexity index is 948. The largest absolute Gasteiger partial charge is 0.493 e. The smallest absolute Gasteiger partial charge is 0.276 e. The number of amides is 1. The van der Waals surface area contributed by atoms with Gasteiger partial charge in [0, 0.05) is 17.4 Å². The summed E-state index contributed by atoms with van der Waals surface area (Å²) in [6.45, 7) is 0. The Labute approximate surface area is 155 Å². The van der Waals surface area contributed by atoms with Crippen molar-refractivity contribution in [2.75, 3.05) is 24.9 Å².